The fraction of sp³-hybridized carbons (Fsp3) is 1.00. The molecule has 14 heavy (non-hydrogen) atoms. The van der Waals surface area contributed by atoms with Crippen LogP contribution in [0.2, 0.25) is 0 Å². The van der Waals surface area contributed by atoms with Crippen molar-refractivity contribution in [1.82, 2.24) is 0 Å². The lowest BCUT2D eigenvalue weighted by Crippen LogP contribution is -2.57. The van der Waals surface area contributed by atoms with Gasteiger partial charge in [0.25, 0.3) is 0 Å². The predicted molar refractivity (Wildman–Crippen MR) is 59.6 cm³/mol. The van der Waals surface area contributed by atoms with Gasteiger partial charge in [-0.2, -0.15) is 0 Å². The molecular weight excluding hydrogens is 192 g/mol. The summed E-state index contributed by atoms with van der Waals surface area (Å²) in [5, 5.41) is 0. The van der Waals surface area contributed by atoms with E-state index in [9.17, 15) is 4.55 Å². The zero-order valence-corrected chi connectivity index (χ0v) is 10.0. The second-order valence-corrected chi connectivity index (χ2v) is 8.18. The van der Waals surface area contributed by atoms with Crippen molar-refractivity contribution in [2.45, 2.75) is 50.2 Å². The summed E-state index contributed by atoms with van der Waals surface area (Å²) >= 11 is -0.596. The topological polar surface area (TPSA) is 23.1 Å². The highest BCUT2D eigenvalue weighted by molar-refractivity contribution is 7.92. The first-order valence-corrected chi connectivity index (χ1v) is 7.41. The quantitative estimate of drug-likeness (QED) is 0.613. The van der Waals surface area contributed by atoms with Crippen molar-refractivity contribution in [3.05, 3.63) is 0 Å². The van der Waals surface area contributed by atoms with Gasteiger partial charge in [-0.1, -0.05) is 18.1 Å². The summed E-state index contributed by atoms with van der Waals surface area (Å²) in [5.74, 6) is 1.82. The lowest BCUT2D eigenvalue weighted by molar-refractivity contribution is -0.0283. The standard InChI is InChI=1S/C12H20OS/c1-11-4-9-3-10(5-11)7-12(6-9,8-11)14(2)13/h9-10H,3-8H2,1-2H3. The summed E-state index contributed by atoms with van der Waals surface area (Å²) in [6, 6.07) is 0. The minimum absolute atomic E-state index is 0.235. The average Bonchev–Trinajstić information content (AvgIpc) is 1.98. The van der Waals surface area contributed by atoms with E-state index < -0.39 is 11.2 Å². The van der Waals surface area contributed by atoms with Crippen molar-refractivity contribution >= 4 is 11.2 Å². The maximum atomic E-state index is 12.0. The van der Waals surface area contributed by atoms with E-state index in [1.54, 1.807) is 0 Å². The van der Waals surface area contributed by atoms with Crippen LogP contribution in [0.1, 0.15) is 45.4 Å². The van der Waals surface area contributed by atoms with Gasteiger partial charge in [0.05, 0.1) is 6.26 Å². The molecule has 3 atom stereocenters. The molecule has 0 aromatic carbocycles. The first kappa shape index (κ1) is 9.53. The minimum Gasteiger partial charge on any atom is -0.616 e. The van der Waals surface area contributed by atoms with Crippen LogP contribution in [-0.2, 0) is 11.2 Å². The van der Waals surface area contributed by atoms with Crippen molar-refractivity contribution in [1.29, 1.82) is 0 Å². The molecule has 0 saturated heterocycles. The monoisotopic (exact) mass is 212 g/mol. The largest absolute Gasteiger partial charge is 0.616 e. The summed E-state index contributed by atoms with van der Waals surface area (Å²) in [5.41, 5.74) is 0.551. The zero-order valence-electron chi connectivity index (χ0n) is 9.21. The van der Waals surface area contributed by atoms with Crippen LogP contribution in [0.3, 0.4) is 0 Å². The van der Waals surface area contributed by atoms with E-state index in [0.717, 1.165) is 11.8 Å². The summed E-state index contributed by atoms with van der Waals surface area (Å²) < 4.78 is 12.2. The molecule has 0 amide bonds. The molecule has 4 saturated carbocycles. The first-order chi connectivity index (χ1) is 6.51. The maximum Gasteiger partial charge on any atom is 0.126 e. The smallest absolute Gasteiger partial charge is 0.126 e. The van der Waals surface area contributed by atoms with Crippen LogP contribution < -0.4 is 0 Å². The van der Waals surface area contributed by atoms with Gasteiger partial charge in [0.2, 0.25) is 0 Å². The fourth-order valence-corrected chi connectivity index (χ4v) is 6.46. The van der Waals surface area contributed by atoms with Crippen LogP contribution in [0, 0.1) is 17.3 Å². The first-order valence-electron chi connectivity index (χ1n) is 5.85. The Balaban J connectivity index is 1.96. The molecule has 3 unspecified atom stereocenters. The highest BCUT2D eigenvalue weighted by Crippen LogP contribution is 2.63. The summed E-state index contributed by atoms with van der Waals surface area (Å²) in [6.07, 6.45) is 10.00. The minimum atomic E-state index is -0.596. The van der Waals surface area contributed by atoms with E-state index in [-0.39, 0.29) is 4.75 Å². The van der Waals surface area contributed by atoms with E-state index in [0.29, 0.717) is 5.41 Å². The third-order valence-corrected chi connectivity index (χ3v) is 6.61. The molecule has 0 heterocycles. The van der Waals surface area contributed by atoms with Crippen molar-refractivity contribution in [3.8, 4) is 0 Å². The molecule has 0 radical (unpaired) electrons. The Hall–Kier alpha value is 0.310. The second kappa shape index (κ2) is 2.70. The van der Waals surface area contributed by atoms with Crippen molar-refractivity contribution in [3.63, 3.8) is 0 Å². The number of hydrogen-bond acceptors (Lipinski definition) is 1. The van der Waals surface area contributed by atoms with Crippen molar-refractivity contribution < 1.29 is 4.55 Å². The second-order valence-electron chi connectivity index (χ2n) is 6.41. The summed E-state index contributed by atoms with van der Waals surface area (Å²) in [6.45, 7) is 2.44. The van der Waals surface area contributed by atoms with E-state index in [1.807, 2.05) is 6.26 Å². The maximum absolute atomic E-state index is 12.0. The van der Waals surface area contributed by atoms with E-state index in [4.69, 9.17) is 0 Å². The summed E-state index contributed by atoms with van der Waals surface area (Å²) in [4.78, 5) is 0. The molecule has 0 aliphatic heterocycles. The SMILES string of the molecule is C[S+]([O-])C12CC3CC(CC(C)(C3)C1)C2. The van der Waals surface area contributed by atoms with Gasteiger partial charge < -0.3 is 4.55 Å². The Morgan fingerprint density at radius 1 is 1.14 bits per heavy atom. The summed E-state index contributed by atoms with van der Waals surface area (Å²) in [7, 11) is 0. The van der Waals surface area contributed by atoms with Gasteiger partial charge in [0.1, 0.15) is 4.75 Å². The molecular formula is C12H20OS. The zero-order chi connectivity index (χ0) is 9.97. The van der Waals surface area contributed by atoms with Crippen LogP contribution in [0.5, 0.6) is 0 Å². The molecule has 0 spiro atoms. The Bertz CT molecular complexity index is 247. The molecule has 0 aromatic rings. The van der Waals surface area contributed by atoms with Crippen LogP contribution >= 0.6 is 0 Å². The Morgan fingerprint density at radius 3 is 2.14 bits per heavy atom. The van der Waals surface area contributed by atoms with E-state index in [1.165, 1.54) is 38.5 Å². The number of rotatable bonds is 1. The lowest BCUT2D eigenvalue weighted by atomic mass is 9.50. The van der Waals surface area contributed by atoms with Gasteiger partial charge in [0, 0.05) is 19.3 Å². The van der Waals surface area contributed by atoms with E-state index >= 15 is 0 Å². The molecule has 4 rings (SSSR count). The fourth-order valence-electron chi connectivity index (χ4n) is 4.96. The van der Waals surface area contributed by atoms with Crippen LogP contribution in [0.15, 0.2) is 0 Å². The highest BCUT2D eigenvalue weighted by Gasteiger charge is 2.60. The number of hydrogen-bond donors (Lipinski definition) is 0. The molecule has 4 bridgehead atoms. The lowest BCUT2D eigenvalue weighted by Gasteiger charge is -2.60. The van der Waals surface area contributed by atoms with E-state index in [2.05, 4.69) is 6.92 Å². The molecule has 2 heteroatoms. The third-order valence-electron chi connectivity index (χ3n) is 4.91. The van der Waals surface area contributed by atoms with Gasteiger partial charge >= 0.3 is 0 Å². The highest BCUT2D eigenvalue weighted by atomic mass is 32.2. The Labute approximate surface area is 89.8 Å². The van der Waals surface area contributed by atoms with Crippen LogP contribution in [0.25, 0.3) is 0 Å². The van der Waals surface area contributed by atoms with Crippen LogP contribution in [0.4, 0.5) is 0 Å². The van der Waals surface area contributed by atoms with Gasteiger partial charge in [-0.15, -0.1) is 0 Å². The van der Waals surface area contributed by atoms with Crippen molar-refractivity contribution in [2.75, 3.05) is 6.26 Å². The molecule has 0 aromatic heterocycles. The molecule has 80 valence electrons. The van der Waals surface area contributed by atoms with Gasteiger partial charge in [-0.25, -0.2) is 0 Å². The third kappa shape index (κ3) is 1.19. The molecule has 1 nitrogen and oxygen atoms in total. The van der Waals surface area contributed by atoms with Crippen LogP contribution in [-0.4, -0.2) is 15.6 Å². The molecule has 4 aliphatic carbocycles. The Kier molecular flexibility index (Phi) is 1.84. The van der Waals surface area contributed by atoms with Gasteiger partial charge in [-0.3, -0.25) is 0 Å². The molecule has 0 N–H and O–H groups in total. The van der Waals surface area contributed by atoms with Gasteiger partial charge in [-0.05, 0) is 36.5 Å². The average molecular weight is 212 g/mol. The molecule has 4 fully saturated rings. The predicted octanol–water partition coefficient (Wildman–Crippen LogP) is 2.72. The normalized spacial score (nSPS) is 57.6. The molecule has 4 aliphatic rings. The van der Waals surface area contributed by atoms with Gasteiger partial charge in [0.15, 0.2) is 0 Å². The van der Waals surface area contributed by atoms with Crippen molar-refractivity contribution in [2.24, 2.45) is 17.3 Å². The Morgan fingerprint density at radius 2 is 1.71 bits per heavy atom.